The minimum atomic E-state index is -1.16. The zero-order chi connectivity index (χ0) is 39.2. The molecule has 13 nitrogen and oxygen atoms in total. The third-order valence-electron chi connectivity index (χ3n) is 8.80. The van der Waals surface area contributed by atoms with Gasteiger partial charge in [-0.3, -0.25) is 19.2 Å². The summed E-state index contributed by atoms with van der Waals surface area (Å²) in [4.78, 5) is 59.3. The van der Waals surface area contributed by atoms with Crippen LogP contribution in [0.15, 0.2) is 0 Å². The predicted octanol–water partition coefficient (Wildman–Crippen LogP) is 5.90. The molecule has 0 spiro atoms. The van der Waals surface area contributed by atoms with E-state index in [1.165, 1.54) is 89.9 Å². The molecule has 3 amide bonds. The van der Waals surface area contributed by atoms with Crippen molar-refractivity contribution in [3.05, 3.63) is 0 Å². The summed E-state index contributed by atoms with van der Waals surface area (Å²) in [5, 5.41) is 17.4. The number of unbranched alkanes of at least 4 members (excludes halogenated alkanes) is 16. The Morgan fingerprint density at radius 3 is 1.42 bits per heavy atom. The summed E-state index contributed by atoms with van der Waals surface area (Å²) in [7, 11) is 0. The Morgan fingerprint density at radius 1 is 0.509 bits per heavy atom. The average Bonchev–Trinajstić information content (AvgIpc) is 3.13. The van der Waals surface area contributed by atoms with Crippen molar-refractivity contribution in [3.63, 3.8) is 0 Å². The molecule has 0 aromatic rings. The van der Waals surface area contributed by atoms with Crippen LogP contribution < -0.4 is 16.0 Å². The summed E-state index contributed by atoms with van der Waals surface area (Å²) in [5.74, 6) is -2.08. The molecule has 0 saturated heterocycles. The van der Waals surface area contributed by atoms with Crippen LogP contribution >= 0.6 is 0 Å². The number of hydrogen-bond donors (Lipinski definition) is 4. The molecular formula is C40H75N3O10. The number of amides is 3. The third-order valence-corrected chi connectivity index (χ3v) is 8.80. The molecule has 0 aromatic carbocycles. The van der Waals surface area contributed by atoms with Gasteiger partial charge in [0.05, 0.1) is 39.6 Å². The molecule has 0 aliphatic heterocycles. The Kier molecular flexibility index (Phi) is 35.8. The number of carbonyl (C=O) groups is 5. The number of aliphatic carboxylic acids is 1. The molecule has 13 heteroatoms. The van der Waals surface area contributed by atoms with Crippen LogP contribution in [0.3, 0.4) is 0 Å². The van der Waals surface area contributed by atoms with Gasteiger partial charge in [-0.25, -0.2) is 4.79 Å². The molecule has 0 rings (SSSR count). The normalized spacial score (nSPS) is 11.8. The zero-order valence-corrected chi connectivity index (χ0v) is 33.5. The van der Waals surface area contributed by atoms with Gasteiger partial charge in [0, 0.05) is 31.8 Å². The van der Waals surface area contributed by atoms with E-state index in [9.17, 15) is 29.1 Å². The van der Waals surface area contributed by atoms with Gasteiger partial charge >= 0.3 is 5.97 Å². The summed E-state index contributed by atoms with van der Waals surface area (Å²) in [6.45, 7) is 8.02. The molecule has 310 valence electrons. The second-order valence-corrected chi connectivity index (χ2v) is 14.1. The van der Waals surface area contributed by atoms with Crippen LogP contribution in [0.5, 0.6) is 0 Å². The lowest BCUT2D eigenvalue weighted by molar-refractivity contribution is -0.142. The largest absolute Gasteiger partial charge is 0.480 e. The van der Waals surface area contributed by atoms with Crippen molar-refractivity contribution in [2.45, 2.75) is 155 Å². The molecule has 4 N–H and O–H groups in total. The van der Waals surface area contributed by atoms with Gasteiger partial charge in [0.15, 0.2) is 5.78 Å². The molecule has 0 aliphatic rings. The highest BCUT2D eigenvalue weighted by atomic mass is 16.5. The van der Waals surface area contributed by atoms with Gasteiger partial charge in [-0.2, -0.15) is 0 Å². The maximum absolute atomic E-state index is 12.3. The molecule has 1 atom stereocenters. The van der Waals surface area contributed by atoms with Gasteiger partial charge in [-0.15, -0.1) is 0 Å². The van der Waals surface area contributed by atoms with Crippen LogP contribution in [0.25, 0.3) is 0 Å². The summed E-state index contributed by atoms with van der Waals surface area (Å²) >= 11 is 0. The topological polar surface area (TPSA) is 179 Å². The van der Waals surface area contributed by atoms with Crippen LogP contribution in [0.2, 0.25) is 0 Å². The van der Waals surface area contributed by atoms with E-state index in [4.69, 9.17) is 18.9 Å². The van der Waals surface area contributed by atoms with Crippen molar-refractivity contribution in [2.75, 3.05) is 65.9 Å². The molecule has 53 heavy (non-hydrogen) atoms. The molecule has 0 bridgehead atoms. The highest BCUT2D eigenvalue weighted by Crippen LogP contribution is 2.14. The highest BCUT2D eigenvalue weighted by Gasteiger charge is 2.20. The fraction of sp³-hybridized carbons (Fsp3) is 0.875. The van der Waals surface area contributed by atoms with Crippen LogP contribution in [-0.2, 0) is 42.9 Å². The number of carboxylic acids is 1. The number of Topliss-reactive ketones (excluding diaryl/α,β-unsaturated/α-hetero) is 1. The Bertz CT molecular complexity index is 934. The van der Waals surface area contributed by atoms with Crippen molar-refractivity contribution < 1.29 is 48.0 Å². The lowest BCUT2D eigenvalue weighted by atomic mass is 10.0. The number of carboxylic acid groups (broad SMARTS) is 1. The second-order valence-electron chi connectivity index (χ2n) is 14.1. The first-order valence-electron chi connectivity index (χ1n) is 20.6. The Balaban J connectivity index is 3.65. The van der Waals surface area contributed by atoms with Crippen molar-refractivity contribution >= 4 is 29.5 Å². The van der Waals surface area contributed by atoms with Crippen molar-refractivity contribution in [1.82, 2.24) is 16.0 Å². The van der Waals surface area contributed by atoms with Gasteiger partial charge in [0.25, 0.3) is 0 Å². The monoisotopic (exact) mass is 758 g/mol. The smallest absolute Gasteiger partial charge is 0.326 e. The van der Waals surface area contributed by atoms with Gasteiger partial charge < -0.3 is 40.0 Å². The molecule has 0 aliphatic carbocycles. The van der Waals surface area contributed by atoms with E-state index in [1.807, 2.05) is 13.8 Å². The molecule has 0 saturated carbocycles. The molecule has 0 aromatic heterocycles. The molecule has 0 fully saturated rings. The Labute approximate surface area is 320 Å². The summed E-state index contributed by atoms with van der Waals surface area (Å²) in [6.07, 6.45) is 21.7. The number of ketones is 1. The van der Waals surface area contributed by atoms with Crippen molar-refractivity contribution in [2.24, 2.45) is 5.92 Å². The predicted molar refractivity (Wildman–Crippen MR) is 207 cm³/mol. The maximum atomic E-state index is 12.3. The molecule has 0 radical (unpaired) electrons. The van der Waals surface area contributed by atoms with Gasteiger partial charge in [-0.05, 0) is 12.8 Å². The number of rotatable bonds is 40. The van der Waals surface area contributed by atoms with E-state index in [0.717, 1.165) is 19.3 Å². The summed E-state index contributed by atoms with van der Waals surface area (Å²) < 4.78 is 21.2. The number of carbonyl (C=O) groups excluding carboxylic acids is 4. The quantitative estimate of drug-likeness (QED) is 0.0550. The Morgan fingerprint density at radius 2 is 0.943 bits per heavy atom. The lowest BCUT2D eigenvalue weighted by Crippen LogP contribution is -2.41. The van der Waals surface area contributed by atoms with E-state index in [-0.39, 0.29) is 88.3 Å². The number of nitrogens with one attached hydrogen (secondary N) is 3. The van der Waals surface area contributed by atoms with Crippen molar-refractivity contribution in [3.8, 4) is 0 Å². The lowest BCUT2D eigenvalue weighted by Gasteiger charge is -2.14. The minimum absolute atomic E-state index is 0.00383. The van der Waals surface area contributed by atoms with E-state index in [1.54, 1.807) is 0 Å². The van der Waals surface area contributed by atoms with Gasteiger partial charge in [-0.1, -0.05) is 124 Å². The molecular weight excluding hydrogens is 682 g/mol. The van der Waals surface area contributed by atoms with E-state index >= 15 is 0 Å². The van der Waals surface area contributed by atoms with Crippen LogP contribution in [0.1, 0.15) is 149 Å². The van der Waals surface area contributed by atoms with Crippen LogP contribution in [0.4, 0.5) is 0 Å². The maximum Gasteiger partial charge on any atom is 0.326 e. The highest BCUT2D eigenvalue weighted by molar-refractivity contribution is 5.84. The zero-order valence-electron chi connectivity index (χ0n) is 33.5. The summed E-state index contributed by atoms with van der Waals surface area (Å²) in [6, 6.07) is -1.11. The van der Waals surface area contributed by atoms with Crippen LogP contribution in [-0.4, -0.2) is 107 Å². The first kappa shape index (κ1) is 50.4. The van der Waals surface area contributed by atoms with E-state index in [2.05, 4.69) is 22.9 Å². The van der Waals surface area contributed by atoms with Gasteiger partial charge in [0.2, 0.25) is 17.7 Å². The van der Waals surface area contributed by atoms with E-state index < -0.39 is 12.0 Å². The standard InChI is InChI=1S/C40H75N3O10/c1-4-5-6-7-8-9-10-11-12-13-14-15-16-17-18-19-20-21-38(46)43-35(40(48)49)22-23-37(45)41-24-26-50-29-31-53-33-39(47)42-25-27-51-28-30-52-32-36(44)34(2)3/h34-35H,4-33H2,1-3H3,(H,41,45)(H,42,47)(H,43,46)(H,48,49)/t35-/m0/s1. The van der Waals surface area contributed by atoms with Gasteiger partial charge in [0.1, 0.15) is 19.3 Å². The molecule has 0 heterocycles. The summed E-state index contributed by atoms with van der Waals surface area (Å²) in [5.41, 5.74) is 0. The first-order chi connectivity index (χ1) is 25.7. The fourth-order valence-electron chi connectivity index (χ4n) is 5.42. The number of ether oxygens (including phenoxy) is 4. The fourth-order valence-corrected chi connectivity index (χ4v) is 5.42. The van der Waals surface area contributed by atoms with E-state index in [0.29, 0.717) is 26.4 Å². The van der Waals surface area contributed by atoms with Crippen LogP contribution in [0, 0.1) is 5.92 Å². The molecule has 0 unspecified atom stereocenters. The Hall–Kier alpha value is -2.61. The number of hydrogen-bond acceptors (Lipinski definition) is 9. The average molecular weight is 758 g/mol. The minimum Gasteiger partial charge on any atom is -0.480 e. The first-order valence-corrected chi connectivity index (χ1v) is 20.6. The SMILES string of the molecule is CCCCCCCCCCCCCCCCCCCC(=O)N[C@@H](CCC(=O)NCCOCCOCC(=O)NCCOCCOCC(=O)C(C)C)C(=O)O. The second kappa shape index (κ2) is 37.7. The third kappa shape index (κ3) is 36.2. The van der Waals surface area contributed by atoms with Crippen molar-refractivity contribution in [1.29, 1.82) is 0 Å².